The average Bonchev–Trinajstić information content (AvgIpc) is 3.45. The molecule has 5 nitrogen and oxygen atoms in total. The minimum atomic E-state index is 0. The number of pyridine rings is 1. The predicted octanol–water partition coefficient (Wildman–Crippen LogP) is -4.09. The van der Waals surface area contributed by atoms with Gasteiger partial charge in [0.05, 0.1) is 0 Å². The SMILES string of the molecule is [Cl-].[Cl-].[Cl-].[Fe+3].c1ccc(Cn2ccnc2-c2cccc(-c3nccn3Cc3ccccc3)n2)cc1. The van der Waals surface area contributed by atoms with Crippen LogP contribution in [0, 0.1) is 0 Å². The van der Waals surface area contributed by atoms with Crippen LogP contribution >= 0.6 is 0 Å². The van der Waals surface area contributed by atoms with Crippen molar-refractivity contribution < 1.29 is 54.3 Å². The molecule has 3 heterocycles. The molecule has 34 heavy (non-hydrogen) atoms. The second kappa shape index (κ2) is 14.0. The van der Waals surface area contributed by atoms with E-state index in [0.29, 0.717) is 0 Å². The molecule has 5 aromatic rings. The van der Waals surface area contributed by atoms with Gasteiger partial charge in [0, 0.05) is 37.9 Å². The van der Waals surface area contributed by atoms with Gasteiger partial charge in [-0.05, 0) is 23.3 Å². The van der Waals surface area contributed by atoms with Crippen LogP contribution in [0.15, 0.2) is 104 Å². The number of hydrogen-bond acceptors (Lipinski definition) is 3. The largest absolute Gasteiger partial charge is 3.00 e. The van der Waals surface area contributed by atoms with Gasteiger partial charge in [-0.2, -0.15) is 0 Å². The zero-order valence-corrected chi connectivity index (χ0v) is 21.3. The van der Waals surface area contributed by atoms with Crippen molar-refractivity contribution in [3.63, 3.8) is 0 Å². The van der Waals surface area contributed by atoms with Gasteiger partial charge in [0.2, 0.25) is 0 Å². The summed E-state index contributed by atoms with van der Waals surface area (Å²) < 4.78 is 4.25. The van der Waals surface area contributed by atoms with Crippen LogP contribution in [-0.4, -0.2) is 24.1 Å². The topological polar surface area (TPSA) is 48.5 Å². The number of halogens is 3. The summed E-state index contributed by atoms with van der Waals surface area (Å²) in [6, 6.07) is 26.8. The molecule has 0 amide bonds. The van der Waals surface area contributed by atoms with Gasteiger partial charge in [0.25, 0.3) is 0 Å². The van der Waals surface area contributed by atoms with Crippen LogP contribution in [0.25, 0.3) is 23.0 Å². The maximum absolute atomic E-state index is 4.90. The Morgan fingerprint density at radius 3 is 1.35 bits per heavy atom. The first kappa shape index (κ1) is 29.4. The average molecular weight is 554 g/mol. The maximum Gasteiger partial charge on any atom is 3.00 e. The molecule has 0 N–H and O–H groups in total. The second-order valence-corrected chi connectivity index (χ2v) is 7.14. The van der Waals surface area contributed by atoms with Crippen LogP contribution in [-0.2, 0) is 30.2 Å². The summed E-state index contributed by atoms with van der Waals surface area (Å²) in [4.78, 5) is 14.0. The van der Waals surface area contributed by atoms with Crippen molar-refractivity contribution in [2.45, 2.75) is 13.1 Å². The summed E-state index contributed by atoms with van der Waals surface area (Å²) in [5.41, 5.74) is 4.13. The van der Waals surface area contributed by atoms with E-state index in [0.717, 1.165) is 36.1 Å². The summed E-state index contributed by atoms with van der Waals surface area (Å²) in [6.45, 7) is 1.51. The number of benzene rings is 2. The van der Waals surface area contributed by atoms with Crippen molar-refractivity contribution in [1.82, 2.24) is 24.1 Å². The Labute approximate surface area is 228 Å². The van der Waals surface area contributed by atoms with Crippen molar-refractivity contribution in [3.05, 3.63) is 115 Å². The van der Waals surface area contributed by atoms with Gasteiger partial charge in [-0.15, -0.1) is 0 Å². The molecule has 0 saturated carbocycles. The number of rotatable bonds is 6. The third kappa shape index (κ3) is 6.72. The zero-order chi connectivity index (χ0) is 20.2. The Bertz CT molecular complexity index is 1160. The maximum atomic E-state index is 4.90. The van der Waals surface area contributed by atoms with Crippen molar-refractivity contribution in [1.29, 1.82) is 0 Å². The number of aromatic nitrogens is 5. The molecular weight excluding hydrogens is 533 g/mol. The molecule has 0 bridgehead atoms. The van der Waals surface area contributed by atoms with E-state index in [4.69, 9.17) is 4.98 Å². The first-order valence-electron chi connectivity index (χ1n) is 9.95. The van der Waals surface area contributed by atoms with Gasteiger partial charge >= 0.3 is 17.1 Å². The van der Waals surface area contributed by atoms with Gasteiger partial charge in [-0.25, -0.2) is 15.0 Å². The molecule has 0 saturated heterocycles. The Morgan fingerprint density at radius 2 is 0.941 bits per heavy atom. The fraction of sp³-hybridized carbons (Fsp3) is 0.0800. The van der Waals surface area contributed by atoms with Gasteiger partial charge < -0.3 is 46.4 Å². The minimum absolute atomic E-state index is 0. The van der Waals surface area contributed by atoms with Gasteiger partial charge in [-0.3, -0.25) is 0 Å². The Balaban J connectivity index is 0.00000144. The Kier molecular flexibility index (Phi) is 12.1. The van der Waals surface area contributed by atoms with Crippen LogP contribution in [0.5, 0.6) is 0 Å². The standard InChI is InChI=1S/C25H21N5.3ClH.Fe/c1-3-8-20(9-4-1)18-29-16-14-26-24(29)22-12-7-13-23(28-22)25-27-15-17-30(25)19-21-10-5-2-6-11-21;;;;/h1-17H,18-19H2;3*1H;/q;;;;+3/p-3. The van der Waals surface area contributed by atoms with Gasteiger partial charge in [0.15, 0.2) is 11.6 Å². The fourth-order valence-electron chi connectivity index (χ4n) is 3.58. The van der Waals surface area contributed by atoms with Gasteiger partial charge in [0.1, 0.15) is 11.4 Å². The van der Waals surface area contributed by atoms with E-state index >= 15 is 0 Å². The first-order valence-corrected chi connectivity index (χ1v) is 9.95. The third-order valence-electron chi connectivity index (χ3n) is 5.03. The third-order valence-corrected chi connectivity index (χ3v) is 5.03. The monoisotopic (exact) mass is 552 g/mol. The van der Waals surface area contributed by atoms with E-state index in [1.165, 1.54) is 11.1 Å². The molecule has 0 unspecified atom stereocenters. The Morgan fingerprint density at radius 1 is 0.529 bits per heavy atom. The summed E-state index contributed by atoms with van der Waals surface area (Å²) in [6.07, 6.45) is 7.63. The fourth-order valence-corrected chi connectivity index (χ4v) is 3.58. The number of imidazole rings is 2. The molecule has 175 valence electrons. The number of nitrogens with zero attached hydrogens (tertiary/aromatic N) is 5. The molecule has 0 aliphatic heterocycles. The summed E-state index contributed by atoms with van der Waals surface area (Å²) in [5.74, 6) is 1.70. The van der Waals surface area contributed by atoms with Crippen molar-refractivity contribution in [3.8, 4) is 23.0 Å². The van der Waals surface area contributed by atoms with Gasteiger partial charge in [-0.1, -0.05) is 66.7 Å². The molecule has 3 aromatic heterocycles. The zero-order valence-electron chi connectivity index (χ0n) is 18.0. The van der Waals surface area contributed by atoms with E-state index in [1.54, 1.807) is 0 Å². The molecule has 0 atom stereocenters. The Hall–Kier alpha value is -2.60. The molecule has 0 fully saturated rings. The normalized spacial score (nSPS) is 9.65. The van der Waals surface area contributed by atoms with Crippen LogP contribution in [0.3, 0.4) is 0 Å². The first-order chi connectivity index (χ1) is 14.9. The van der Waals surface area contributed by atoms with Crippen molar-refractivity contribution in [2.24, 2.45) is 0 Å². The summed E-state index contributed by atoms with van der Waals surface area (Å²) in [5, 5.41) is 0. The van der Waals surface area contributed by atoms with E-state index in [1.807, 2.05) is 55.1 Å². The molecule has 0 aliphatic carbocycles. The minimum Gasteiger partial charge on any atom is -1.00 e. The predicted molar refractivity (Wildman–Crippen MR) is 118 cm³/mol. The molecule has 1 radical (unpaired) electrons. The van der Waals surface area contributed by atoms with Crippen LogP contribution < -0.4 is 37.2 Å². The summed E-state index contributed by atoms with van der Waals surface area (Å²) in [7, 11) is 0. The van der Waals surface area contributed by atoms with Crippen LogP contribution in [0.2, 0.25) is 0 Å². The smallest absolute Gasteiger partial charge is 1.00 e. The molecule has 5 rings (SSSR count). The van der Waals surface area contributed by atoms with Crippen LogP contribution in [0.4, 0.5) is 0 Å². The number of hydrogen-bond donors (Lipinski definition) is 0. The van der Waals surface area contributed by atoms with E-state index in [2.05, 4.69) is 67.6 Å². The molecule has 2 aromatic carbocycles. The van der Waals surface area contributed by atoms with E-state index in [9.17, 15) is 0 Å². The van der Waals surface area contributed by atoms with Crippen LogP contribution in [0.1, 0.15) is 11.1 Å². The van der Waals surface area contributed by atoms with Crippen molar-refractivity contribution >= 4 is 0 Å². The molecular formula is C25H21Cl3FeN5. The summed E-state index contributed by atoms with van der Waals surface area (Å²) >= 11 is 0. The molecule has 0 spiro atoms. The van der Waals surface area contributed by atoms with E-state index in [-0.39, 0.29) is 54.3 Å². The second-order valence-electron chi connectivity index (χ2n) is 7.14. The molecule has 0 aliphatic rings. The molecule has 9 heteroatoms. The van der Waals surface area contributed by atoms with E-state index < -0.39 is 0 Å². The van der Waals surface area contributed by atoms with Crippen molar-refractivity contribution in [2.75, 3.05) is 0 Å². The quantitative estimate of drug-likeness (QED) is 0.201.